The molecule has 0 aromatic heterocycles. The number of ether oxygens (including phenoxy) is 1. The second kappa shape index (κ2) is 8.60. The van der Waals surface area contributed by atoms with Crippen molar-refractivity contribution in [3.05, 3.63) is 72.3 Å². The Kier molecular flexibility index (Phi) is 6.20. The summed E-state index contributed by atoms with van der Waals surface area (Å²) in [4.78, 5) is 12.0. The van der Waals surface area contributed by atoms with E-state index >= 15 is 0 Å². The highest BCUT2D eigenvalue weighted by molar-refractivity contribution is 5.89. The fourth-order valence-electron chi connectivity index (χ4n) is 2.05. The zero-order chi connectivity index (χ0) is 16.5. The lowest BCUT2D eigenvalue weighted by Crippen LogP contribution is -2.28. The van der Waals surface area contributed by atoms with Crippen LogP contribution in [0.1, 0.15) is 11.1 Å². The van der Waals surface area contributed by atoms with Crippen LogP contribution in [0.5, 0.6) is 5.75 Å². The lowest BCUT2D eigenvalue weighted by molar-refractivity contribution is 0.251. The van der Waals surface area contributed by atoms with Crippen molar-refractivity contribution in [2.24, 2.45) is 0 Å². The summed E-state index contributed by atoms with van der Waals surface area (Å²) in [6.45, 7) is 4.29. The maximum Gasteiger partial charge on any atom is 0.319 e. The minimum Gasteiger partial charge on any atom is -0.489 e. The number of anilines is 1. The average molecular weight is 312 g/mol. The first kappa shape index (κ1) is 16.6. The predicted molar refractivity (Wildman–Crippen MR) is 90.4 cm³/mol. The van der Waals surface area contributed by atoms with Gasteiger partial charge in [0.05, 0.1) is 6.61 Å². The molecule has 0 heterocycles. The Bertz CT molecular complexity index is 671. The molecule has 0 aliphatic carbocycles. The summed E-state index contributed by atoms with van der Waals surface area (Å²) < 4.78 is 5.42. The smallest absolute Gasteiger partial charge is 0.319 e. The molecule has 2 rings (SSSR count). The van der Waals surface area contributed by atoms with Crippen LogP contribution in [0.15, 0.2) is 61.2 Å². The van der Waals surface area contributed by atoms with Crippen LogP contribution < -0.4 is 15.4 Å². The van der Waals surface area contributed by atoms with E-state index in [2.05, 4.69) is 17.2 Å². The molecule has 0 fully saturated rings. The topological polar surface area (TPSA) is 70.6 Å². The molecule has 0 aliphatic rings. The van der Waals surface area contributed by atoms with Gasteiger partial charge in [-0.2, -0.15) is 0 Å². The fourth-order valence-corrected chi connectivity index (χ4v) is 2.05. The Hall–Kier alpha value is -2.79. The third kappa shape index (κ3) is 5.16. The maximum atomic E-state index is 12.0. The first-order chi connectivity index (χ1) is 11.2. The van der Waals surface area contributed by atoms with Gasteiger partial charge in [0, 0.05) is 18.3 Å². The molecule has 0 atom stereocenters. The molecule has 0 radical (unpaired) electrons. The van der Waals surface area contributed by atoms with E-state index in [9.17, 15) is 9.90 Å². The van der Waals surface area contributed by atoms with Gasteiger partial charge in [-0.25, -0.2) is 4.79 Å². The van der Waals surface area contributed by atoms with Crippen LogP contribution in [0.4, 0.5) is 10.5 Å². The molecule has 120 valence electrons. The van der Waals surface area contributed by atoms with E-state index in [0.29, 0.717) is 24.6 Å². The number of amides is 2. The second-order valence-corrected chi connectivity index (χ2v) is 4.86. The molecule has 0 unspecified atom stereocenters. The summed E-state index contributed by atoms with van der Waals surface area (Å²) in [7, 11) is 0. The molecule has 5 nitrogen and oxygen atoms in total. The largest absolute Gasteiger partial charge is 0.489 e. The van der Waals surface area contributed by atoms with Crippen LogP contribution >= 0.6 is 0 Å². The summed E-state index contributed by atoms with van der Waals surface area (Å²) in [5, 5.41) is 14.8. The predicted octanol–water partition coefficient (Wildman–Crippen LogP) is 3.07. The number of carbonyl (C=O) groups excluding carboxylic acids is 1. The Morgan fingerprint density at radius 3 is 2.70 bits per heavy atom. The molecule has 0 bridgehead atoms. The molecule has 0 saturated carbocycles. The van der Waals surface area contributed by atoms with Gasteiger partial charge in [0.2, 0.25) is 0 Å². The molecule has 0 spiro atoms. The molecule has 0 saturated heterocycles. The quantitative estimate of drug-likeness (QED) is 0.688. The number of aliphatic hydroxyl groups excluding tert-OH is 1. The molecule has 0 aliphatic heterocycles. The van der Waals surface area contributed by atoms with Crippen molar-refractivity contribution < 1.29 is 14.6 Å². The van der Waals surface area contributed by atoms with Crippen LogP contribution in [0, 0.1) is 0 Å². The number of carbonyl (C=O) groups is 1. The number of hydrogen-bond acceptors (Lipinski definition) is 3. The summed E-state index contributed by atoms with van der Waals surface area (Å²) >= 11 is 0. The zero-order valence-electron chi connectivity index (χ0n) is 12.8. The van der Waals surface area contributed by atoms with E-state index in [0.717, 1.165) is 11.1 Å². The van der Waals surface area contributed by atoms with Crippen LogP contribution in [-0.2, 0) is 13.2 Å². The Morgan fingerprint density at radius 2 is 1.96 bits per heavy atom. The van der Waals surface area contributed by atoms with Crippen molar-refractivity contribution in [2.45, 2.75) is 13.2 Å². The average Bonchev–Trinajstić information content (AvgIpc) is 2.58. The summed E-state index contributed by atoms with van der Waals surface area (Å²) in [6.07, 6.45) is 1.66. The molecule has 2 aromatic carbocycles. The van der Waals surface area contributed by atoms with E-state index in [1.54, 1.807) is 24.3 Å². The van der Waals surface area contributed by atoms with Gasteiger partial charge in [0.25, 0.3) is 0 Å². The van der Waals surface area contributed by atoms with Crippen molar-refractivity contribution in [2.75, 3.05) is 11.9 Å². The van der Waals surface area contributed by atoms with Gasteiger partial charge >= 0.3 is 6.03 Å². The van der Waals surface area contributed by atoms with Gasteiger partial charge in [-0.15, -0.1) is 0 Å². The third-order valence-electron chi connectivity index (χ3n) is 3.19. The number of rotatable bonds is 7. The minimum atomic E-state index is -0.321. The monoisotopic (exact) mass is 312 g/mol. The lowest BCUT2D eigenvalue weighted by atomic mass is 10.1. The van der Waals surface area contributed by atoms with Crippen LogP contribution in [-0.4, -0.2) is 17.7 Å². The number of urea groups is 1. The number of aliphatic hydroxyl groups is 1. The second-order valence-electron chi connectivity index (χ2n) is 4.86. The van der Waals surface area contributed by atoms with Gasteiger partial charge < -0.3 is 20.5 Å². The summed E-state index contributed by atoms with van der Waals surface area (Å²) in [6, 6.07) is 14.2. The van der Waals surface area contributed by atoms with Gasteiger partial charge in [-0.1, -0.05) is 43.0 Å². The molecule has 5 heteroatoms. The van der Waals surface area contributed by atoms with Gasteiger partial charge in [0.15, 0.2) is 0 Å². The van der Waals surface area contributed by atoms with Crippen molar-refractivity contribution in [1.82, 2.24) is 5.32 Å². The van der Waals surface area contributed by atoms with E-state index < -0.39 is 0 Å². The highest BCUT2D eigenvalue weighted by atomic mass is 16.5. The zero-order valence-corrected chi connectivity index (χ0v) is 12.8. The molecular formula is C18H20N2O3. The Balaban J connectivity index is 1.90. The van der Waals surface area contributed by atoms with E-state index in [1.165, 1.54) is 0 Å². The van der Waals surface area contributed by atoms with E-state index in [-0.39, 0.29) is 12.6 Å². The van der Waals surface area contributed by atoms with Crippen LogP contribution in [0.25, 0.3) is 0 Å². The normalized spacial score (nSPS) is 9.96. The Labute approximate surface area is 135 Å². The van der Waals surface area contributed by atoms with Crippen molar-refractivity contribution in [3.8, 4) is 5.75 Å². The summed E-state index contributed by atoms with van der Waals surface area (Å²) in [5.74, 6) is 0.660. The standard InChI is InChI=1S/C18H20N2O3/c1-2-10-23-17-9-5-8-16(11-17)20-18(22)19-12-14-6-3-4-7-15(14)13-21/h2-9,11,21H,1,10,12-13H2,(H2,19,20,22). The van der Waals surface area contributed by atoms with Gasteiger partial charge in [-0.3, -0.25) is 0 Å². The molecule has 3 N–H and O–H groups in total. The number of hydrogen-bond donors (Lipinski definition) is 3. The third-order valence-corrected chi connectivity index (χ3v) is 3.19. The first-order valence-electron chi connectivity index (χ1n) is 7.29. The maximum absolute atomic E-state index is 12.0. The van der Waals surface area contributed by atoms with Crippen molar-refractivity contribution in [1.29, 1.82) is 0 Å². The summed E-state index contributed by atoms with van der Waals surface area (Å²) in [5.41, 5.74) is 2.32. The Morgan fingerprint density at radius 1 is 1.17 bits per heavy atom. The molecule has 2 aromatic rings. The SMILES string of the molecule is C=CCOc1cccc(NC(=O)NCc2ccccc2CO)c1. The van der Waals surface area contributed by atoms with Crippen molar-refractivity contribution >= 4 is 11.7 Å². The fraction of sp³-hybridized carbons (Fsp3) is 0.167. The van der Waals surface area contributed by atoms with Gasteiger partial charge in [0.1, 0.15) is 12.4 Å². The van der Waals surface area contributed by atoms with E-state index in [1.807, 2.05) is 30.3 Å². The van der Waals surface area contributed by atoms with Crippen LogP contribution in [0.2, 0.25) is 0 Å². The minimum absolute atomic E-state index is 0.0534. The lowest BCUT2D eigenvalue weighted by Gasteiger charge is -2.11. The first-order valence-corrected chi connectivity index (χ1v) is 7.29. The van der Waals surface area contributed by atoms with Gasteiger partial charge in [-0.05, 0) is 23.3 Å². The molecule has 23 heavy (non-hydrogen) atoms. The number of benzene rings is 2. The molecular weight excluding hydrogens is 292 g/mol. The van der Waals surface area contributed by atoms with Crippen molar-refractivity contribution in [3.63, 3.8) is 0 Å². The highest BCUT2D eigenvalue weighted by Gasteiger charge is 2.05. The van der Waals surface area contributed by atoms with Crippen LogP contribution in [0.3, 0.4) is 0 Å². The highest BCUT2D eigenvalue weighted by Crippen LogP contribution is 2.17. The molecule has 2 amide bonds. The van der Waals surface area contributed by atoms with E-state index in [4.69, 9.17) is 4.74 Å². The number of nitrogens with one attached hydrogen (secondary N) is 2.